The van der Waals surface area contributed by atoms with Crippen LogP contribution in [0.25, 0.3) is 0 Å². The first-order valence-corrected chi connectivity index (χ1v) is 11.6. The van der Waals surface area contributed by atoms with Gasteiger partial charge in [0, 0.05) is 23.6 Å². The minimum atomic E-state index is -0.471. The Kier molecular flexibility index (Phi) is 9.84. The van der Waals surface area contributed by atoms with Crippen LogP contribution < -0.4 is 20.2 Å². The number of nitrogens with zero attached hydrogens (tertiary/aromatic N) is 2. The lowest BCUT2D eigenvalue weighted by Crippen LogP contribution is -2.33. The molecule has 2 aromatic rings. The molecule has 11 heteroatoms. The average molecular weight is 511 g/mol. The number of carbonyl (C=O) groups excluding carboxylic acids is 3. The molecule has 1 fully saturated rings. The zero-order valence-corrected chi connectivity index (χ0v) is 21.4. The van der Waals surface area contributed by atoms with Gasteiger partial charge >= 0.3 is 5.97 Å². The number of anilines is 1. The topological polar surface area (TPSA) is 111 Å². The number of thiazole rings is 1. The Bertz CT molecular complexity index is 1080. The lowest BCUT2D eigenvalue weighted by Gasteiger charge is -2.18. The Labute approximate surface area is 209 Å². The predicted octanol–water partition coefficient (Wildman–Crippen LogP) is 3.35. The SMILES string of the molecule is COc1cc(C(=O)N=c2sccn2COC(=O)[C@@H]2CCCN2)ccc1NC(=O)CC(C)(C)C.Cl. The van der Waals surface area contributed by atoms with E-state index < -0.39 is 5.91 Å². The first-order chi connectivity index (χ1) is 15.7. The van der Waals surface area contributed by atoms with Gasteiger partial charge in [0.1, 0.15) is 11.8 Å². The summed E-state index contributed by atoms with van der Waals surface area (Å²) in [6.45, 7) is 6.74. The Morgan fingerprint density at radius 1 is 1.29 bits per heavy atom. The molecule has 2 amide bonds. The van der Waals surface area contributed by atoms with E-state index in [2.05, 4.69) is 15.6 Å². The van der Waals surface area contributed by atoms with Gasteiger partial charge < -0.3 is 20.1 Å². The maximum Gasteiger partial charge on any atom is 0.324 e. The van der Waals surface area contributed by atoms with E-state index in [9.17, 15) is 14.4 Å². The van der Waals surface area contributed by atoms with Crippen LogP contribution in [0.1, 0.15) is 50.4 Å². The Morgan fingerprint density at radius 2 is 2.06 bits per heavy atom. The molecule has 2 N–H and O–H groups in total. The van der Waals surface area contributed by atoms with E-state index in [-0.39, 0.29) is 42.5 Å². The highest BCUT2D eigenvalue weighted by Crippen LogP contribution is 2.27. The second kappa shape index (κ2) is 12.1. The molecule has 1 aromatic heterocycles. The van der Waals surface area contributed by atoms with Gasteiger partial charge in [0.05, 0.1) is 12.8 Å². The molecule has 0 unspecified atom stereocenters. The summed E-state index contributed by atoms with van der Waals surface area (Å²) in [6, 6.07) is 4.48. The Hall–Kier alpha value is -2.69. The van der Waals surface area contributed by atoms with Crippen LogP contribution in [0.2, 0.25) is 0 Å². The quantitative estimate of drug-likeness (QED) is 0.552. The summed E-state index contributed by atoms with van der Waals surface area (Å²) in [5.74, 6) is -0.542. The molecule has 0 aliphatic carbocycles. The number of benzene rings is 1. The number of rotatable bonds is 7. The van der Waals surface area contributed by atoms with E-state index in [1.54, 1.807) is 34.3 Å². The molecule has 9 nitrogen and oxygen atoms in total. The summed E-state index contributed by atoms with van der Waals surface area (Å²) in [6.07, 6.45) is 3.77. The molecule has 1 aliphatic heterocycles. The largest absolute Gasteiger partial charge is 0.495 e. The third-order valence-electron chi connectivity index (χ3n) is 4.96. The molecule has 2 heterocycles. The number of methoxy groups -OCH3 is 1. The molecule has 3 rings (SSSR count). The standard InChI is InChI=1S/C23H30N4O5S.ClH/c1-23(2,3)13-19(28)25-16-8-7-15(12-18(16)31-4)20(29)26-22-27(10-11-33-22)14-32-21(30)17-6-5-9-24-17;/h7-8,10-12,17,24H,5-6,9,13-14H2,1-4H3,(H,25,28);1H/t17-;/m0./s1. The Morgan fingerprint density at radius 3 is 2.71 bits per heavy atom. The first kappa shape index (κ1) is 27.6. The smallest absolute Gasteiger partial charge is 0.324 e. The summed E-state index contributed by atoms with van der Waals surface area (Å²) in [5, 5.41) is 7.69. The van der Waals surface area contributed by atoms with Gasteiger partial charge in [-0.1, -0.05) is 20.8 Å². The fourth-order valence-corrected chi connectivity index (χ4v) is 4.07. The van der Waals surface area contributed by atoms with Gasteiger partial charge in [0.25, 0.3) is 5.91 Å². The molecule has 1 atom stereocenters. The second-order valence-electron chi connectivity index (χ2n) is 9.01. The number of hydrogen-bond donors (Lipinski definition) is 2. The highest BCUT2D eigenvalue weighted by atomic mass is 35.5. The van der Waals surface area contributed by atoms with E-state index in [1.807, 2.05) is 20.8 Å². The van der Waals surface area contributed by atoms with Gasteiger partial charge in [0.2, 0.25) is 5.91 Å². The fraction of sp³-hybridized carbons (Fsp3) is 0.478. The van der Waals surface area contributed by atoms with Crippen LogP contribution in [-0.2, 0) is 21.1 Å². The zero-order valence-electron chi connectivity index (χ0n) is 19.8. The molecule has 34 heavy (non-hydrogen) atoms. The van der Waals surface area contributed by atoms with Crippen molar-refractivity contribution in [3.63, 3.8) is 0 Å². The average Bonchev–Trinajstić information content (AvgIpc) is 3.43. The van der Waals surface area contributed by atoms with Crippen LogP contribution in [0.5, 0.6) is 5.75 Å². The number of esters is 1. The second-order valence-corrected chi connectivity index (χ2v) is 9.89. The molecule has 1 saturated heterocycles. The number of nitrogens with one attached hydrogen (secondary N) is 2. The highest BCUT2D eigenvalue weighted by molar-refractivity contribution is 7.07. The maximum atomic E-state index is 12.8. The number of ether oxygens (including phenoxy) is 2. The third-order valence-corrected chi connectivity index (χ3v) is 5.76. The normalized spacial score (nSPS) is 16.0. The van der Waals surface area contributed by atoms with Crippen molar-refractivity contribution in [3.05, 3.63) is 40.1 Å². The monoisotopic (exact) mass is 510 g/mol. The van der Waals surface area contributed by atoms with Crippen molar-refractivity contribution < 1.29 is 23.9 Å². The Balaban J connectivity index is 0.00000408. The third kappa shape index (κ3) is 7.68. The molecule has 0 spiro atoms. The van der Waals surface area contributed by atoms with E-state index in [0.717, 1.165) is 19.4 Å². The summed E-state index contributed by atoms with van der Waals surface area (Å²) < 4.78 is 12.3. The maximum absolute atomic E-state index is 12.8. The van der Waals surface area contributed by atoms with Crippen molar-refractivity contribution in [2.75, 3.05) is 19.0 Å². The molecular weight excluding hydrogens is 480 g/mol. The summed E-state index contributed by atoms with van der Waals surface area (Å²) in [5.41, 5.74) is 0.652. The molecule has 186 valence electrons. The number of halogens is 1. The molecule has 1 aliphatic rings. The van der Waals surface area contributed by atoms with Crippen LogP contribution >= 0.6 is 23.7 Å². The van der Waals surface area contributed by atoms with Crippen molar-refractivity contribution in [1.29, 1.82) is 0 Å². The van der Waals surface area contributed by atoms with Crippen LogP contribution in [0, 0.1) is 5.41 Å². The highest BCUT2D eigenvalue weighted by Gasteiger charge is 2.23. The molecule has 1 aromatic carbocycles. The zero-order chi connectivity index (χ0) is 24.0. The van der Waals surface area contributed by atoms with E-state index >= 15 is 0 Å². The van der Waals surface area contributed by atoms with Crippen molar-refractivity contribution in [1.82, 2.24) is 9.88 Å². The van der Waals surface area contributed by atoms with E-state index in [0.29, 0.717) is 28.2 Å². The minimum Gasteiger partial charge on any atom is -0.495 e. The van der Waals surface area contributed by atoms with Crippen LogP contribution in [0.15, 0.2) is 34.8 Å². The van der Waals surface area contributed by atoms with Crippen LogP contribution in [0.3, 0.4) is 0 Å². The predicted molar refractivity (Wildman–Crippen MR) is 132 cm³/mol. The van der Waals surface area contributed by atoms with Crippen molar-refractivity contribution in [2.45, 2.75) is 52.8 Å². The fourth-order valence-electron chi connectivity index (χ4n) is 3.36. The number of aromatic nitrogens is 1. The molecule has 0 saturated carbocycles. The van der Waals surface area contributed by atoms with Crippen molar-refractivity contribution in [2.24, 2.45) is 10.4 Å². The summed E-state index contributed by atoms with van der Waals surface area (Å²) in [4.78, 5) is 41.7. The van der Waals surface area contributed by atoms with Crippen LogP contribution in [-0.4, -0.2) is 42.0 Å². The lowest BCUT2D eigenvalue weighted by molar-refractivity contribution is -0.149. The van der Waals surface area contributed by atoms with Gasteiger partial charge in [-0.2, -0.15) is 4.99 Å². The summed E-state index contributed by atoms with van der Waals surface area (Å²) >= 11 is 1.26. The van der Waals surface area contributed by atoms with Gasteiger partial charge in [-0.3, -0.25) is 19.0 Å². The van der Waals surface area contributed by atoms with Gasteiger partial charge in [-0.15, -0.1) is 23.7 Å². The number of amides is 2. The van der Waals surface area contributed by atoms with E-state index in [1.165, 1.54) is 18.4 Å². The van der Waals surface area contributed by atoms with Gasteiger partial charge in [-0.05, 0) is 43.0 Å². The molecular formula is C23H31ClN4O5S. The minimum absolute atomic E-state index is 0. The molecule has 0 radical (unpaired) electrons. The first-order valence-electron chi connectivity index (χ1n) is 10.8. The van der Waals surface area contributed by atoms with Crippen molar-refractivity contribution in [3.8, 4) is 5.75 Å². The molecule has 0 bridgehead atoms. The van der Waals surface area contributed by atoms with Crippen molar-refractivity contribution >= 4 is 47.2 Å². The van der Waals surface area contributed by atoms with Crippen LogP contribution in [0.4, 0.5) is 5.69 Å². The lowest BCUT2D eigenvalue weighted by atomic mass is 9.92. The van der Waals surface area contributed by atoms with Gasteiger partial charge in [0.15, 0.2) is 11.5 Å². The number of hydrogen-bond acceptors (Lipinski definition) is 7. The van der Waals surface area contributed by atoms with Gasteiger partial charge in [-0.25, -0.2) is 0 Å². The van der Waals surface area contributed by atoms with E-state index in [4.69, 9.17) is 9.47 Å². The summed E-state index contributed by atoms with van der Waals surface area (Å²) in [7, 11) is 1.47. The number of carbonyl (C=O) groups is 3.